The topological polar surface area (TPSA) is 41.1 Å². The highest BCUT2D eigenvalue weighted by atomic mass is 35.5. The monoisotopic (exact) mass is 276 g/mol. The molecule has 0 saturated carbocycles. The molecule has 1 saturated heterocycles. The predicted octanol–water partition coefficient (Wildman–Crippen LogP) is 2.74. The molecule has 0 spiro atoms. The highest BCUT2D eigenvalue weighted by Crippen LogP contribution is 2.20. The summed E-state index contributed by atoms with van der Waals surface area (Å²) in [4.78, 5) is 11.6. The summed E-state index contributed by atoms with van der Waals surface area (Å²) >= 11 is 0. The Morgan fingerprint density at radius 1 is 1.39 bits per heavy atom. The summed E-state index contributed by atoms with van der Waals surface area (Å²) in [5, 5.41) is 6.44. The lowest BCUT2D eigenvalue weighted by molar-refractivity contribution is -0.121. The number of carbonyl (C=O) groups is 1. The maximum Gasteiger partial charge on any atom is 0.220 e. The third-order valence-corrected chi connectivity index (χ3v) is 3.38. The van der Waals surface area contributed by atoms with Gasteiger partial charge in [-0.05, 0) is 50.1 Å². The van der Waals surface area contributed by atoms with Gasteiger partial charge in [-0.3, -0.25) is 4.79 Å². The van der Waals surface area contributed by atoms with Crippen LogP contribution in [-0.4, -0.2) is 25.5 Å². The van der Waals surface area contributed by atoms with Crippen molar-refractivity contribution in [3.63, 3.8) is 0 Å². The molecule has 1 aliphatic rings. The molecular weight excluding hydrogens is 248 g/mol. The summed E-state index contributed by atoms with van der Waals surface area (Å²) < 4.78 is 0. The zero-order chi connectivity index (χ0) is 12.7. The SMILES string of the molecule is CC(C)(C)CCC(=O)NCCC1CCCNC1.Cl. The van der Waals surface area contributed by atoms with E-state index in [1.54, 1.807) is 0 Å². The van der Waals surface area contributed by atoms with Gasteiger partial charge in [0.15, 0.2) is 0 Å². The minimum atomic E-state index is 0. The Morgan fingerprint density at radius 3 is 2.67 bits per heavy atom. The minimum absolute atomic E-state index is 0. The molecule has 1 atom stereocenters. The first-order chi connectivity index (χ1) is 7.97. The Hall–Kier alpha value is -0.280. The highest BCUT2D eigenvalue weighted by molar-refractivity contribution is 5.85. The summed E-state index contributed by atoms with van der Waals surface area (Å²) in [6, 6.07) is 0. The number of nitrogens with one attached hydrogen (secondary N) is 2. The van der Waals surface area contributed by atoms with Gasteiger partial charge in [0, 0.05) is 13.0 Å². The molecular formula is C14H29ClN2O. The zero-order valence-corrected chi connectivity index (χ0v) is 12.9. The Bertz CT molecular complexity index is 232. The molecule has 3 nitrogen and oxygen atoms in total. The van der Waals surface area contributed by atoms with Gasteiger partial charge in [0.1, 0.15) is 0 Å². The predicted molar refractivity (Wildman–Crippen MR) is 79.2 cm³/mol. The van der Waals surface area contributed by atoms with E-state index in [-0.39, 0.29) is 23.7 Å². The van der Waals surface area contributed by atoms with Crippen LogP contribution >= 0.6 is 12.4 Å². The van der Waals surface area contributed by atoms with Gasteiger partial charge in [0.05, 0.1) is 0 Å². The average molecular weight is 277 g/mol. The van der Waals surface area contributed by atoms with Crippen LogP contribution in [0, 0.1) is 11.3 Å². The fourth-order valence-corrected chi connectivity index (χ4v) is 2.16. The number of hydrogen-bond acceptors (Lipinski definition) is 2. The Morgan fingerprint density at radius 2 is 2.11 bits per heavy atom. The summed E-state index contributed by atoms with van der Waals surface area (Å²) in [6.07, 6.45) is 5.33. The highest BCUT2D eigenvalue weighted by Gasteiger charge is 2.14. The molecule has 0 aromatic rings. The fraction of sp³-hybridized carbons (Fsp3) is 0.929. The molecule has 0 aliphatic carbocycles. The Labute approximate surface area is 118 Å². The van der Waals surface area contributed by atoms with Gasteiger partial charge < -0.3 is 10.6 Å². The number of piperidine rings is 1. The van der Waals surface area contributed by atoms with Crippen molar-refractivity contribution in [1.29, 1.82) is 0 Å². The van der Waals surface area contributed by atoms with Crippen molar-refractivity contribution in [2.24, 2.45) is 11.3 Å². The van der Waals surface area contributed by atoms with E-state index in [4.69, 9.17) is 0 Å². The lowest BCUT2D eigenvalue weighted by Gasteiger charge is -2.22. The van der Waals surface area contributed by atoms with Gasteiger partial charge >= 0.3 is 0 Å². The fourth-order valence-electron chi connectivity index (χ4n) is 2.16. The Balaban J connectivity index is 0.00000289. The third-order valence-electron chi connectivity index (χ3n) is 3.38. The van der Waals surface area contributed by atoms with Crippen molar-refractivity contribution in [1.82, 2.24) is 10.6 Å². The van der Waals surface area contributed by atoms with Crippen molar-refractivity contribution >= 4 is 18.3 Å². The minimum Gasteiger partial charge on any atom is -0.356 e. The van der Waals surface area contributed by atoms with Crippen LogP contribution in [0.4, 0.5) is 0 Å². The van der Waals surface area contributed by atoms with E-state index < -0.39 is 0 Å². The summed E-state index contributed by atoms with van der Waals surface area (Å²) in [6.45, 7) is 9.65. The van der Waals surface area contributed by atoms with Gasteiger partial charge in [-0.1, -0.05) is 20.8 Å². The summed E-state index contributed by atoms with van der Waals surface area (Å²) in [5.41, 5.74) is 0.255. The maximum atomic E-state index is 11.6. The zero-order valence-electron chi connectivity index (χ0n) is 12.1. The van der Waals surface area contributed by atoms with Gasteiger partial charge in [0.25, 0.3) is 0 Å². The first kappa shape index (κ1) is 17.7. The van der Waals surface area contributed by atoms with Crippen LogP contribution in [0.5, 0.6) is 0 Å². The van der Waals surface area contributed by atoms with Crippen molar-refractivity contribution in [3.05, 3.63) is 0 Å². The maximum absolute atomic E-state index is 11.6. The number of hydrogen-bond donors (Lipinski definition) is 2. The van der Waals surface area contributed by atoms with Crippen LogP contribution in [0.2, 0.25) is 0 Å². The number of halogens is 1. The molecule has 0 aromatic carbocycles. The van der Waals surface area contributed by atoms with E-state index in [0.29, 0.717) is 6.42 Å². The van der Waals surface area contributed by atoms with E-state index in [1.165, 1.54) is 12.8 Å². The van der Waals surface area contributed by atoms with Crippen LogP contribution in [0.3, 0.4) is 0 Å². The van der Waals surface area contributed by atoms with Crippen molar-refractivity contribution in [2.75, 3.05) is 19.6 Å². The largest absolute Gasteiger partial charge is 0.356 e. The standard InChI is InChI=1S/C14H28N2O.ClH/c1-14(2,3)8-6-13(17)16-10-7-12-5-4-9-15-11-12;/h12,15H,4-11H2,1-3H3,(H,16,17);1H. The molecule has 4 heteroatoms. The van der Waals surface area contributed by atoms with Crippen LogP contribution in [0.1, 0.15) is 52.9 Å². The lowest BCUT2D eigenvalue weighted by Crippen LogP contribution is -2.33. The van der Waals surface area contributed by atoms with Crippen LogP contribution in [0.15, 0.2) is 0 Å². The first-order valence-corrected chi connectivity index (χ1v) is 6.95. The molecule has 108 valence electrons. The number of rotatable bonds is 5. The summed E-state index contributed by atoms with van der Waals surface area (Å²) in [7, 11) is 0. The first-order valence-electron chi connectivity index (χ1n) is 6.95. The Kier molecular flexibility index (Phi) is 8.62. The van der Waals surface area contributed by atoms with E-state index in [2.05, 4.69) is 31.4 Å². The van der Waals surface area contributed by atoms with E-state index in [0.717, 1.165) is 38.4 Å². The molecule has 1 rings (SSSR count). The quantitative estimate of drug-likeness (QED) is 0.811. The lowest BCUT2D eigenvalue weighted by atomic mass is 9.90. The van der Waals surface area contributed by atoms with Crippen molar-refractivity contribution < 1.29 is 4.79 Å². The van der Waals surface area contributed by atoms with Gasteiger partial charge in [-0.25, -0.2) is 0 Å². The molecule has 0 aromatic heterocycles. The normalized spacial score (nSPS) is 20.1. The van der Waals surface area contributed by atoms with E-state index >= 15 is 0 Å². The molecule has 0 radical (unpaired) electrons. The third kappa shape index (κ3) is 8.76. The second-order valence-corrected chi connectivity index (χ2v) is 6.41. The molecule has 1 amide bonds. The van der Waals surface area contributed by atoms with Crippen molar-refractivity contribution in [2.45, 2.75) is 52.9 Å². The molecule has 1 fully saturated rings. The van der Waals surface area contributed by atoms with E-state index in [1.807, 2.05) is 0 Å². The molecule has 18 heavy (non-hydrogen) atoms. The second-order valence-electron chi connectivity index (χ2n) is 6.41. The smallest absolute Gasteiger partial charge is 0.220 e. The molecule has 0 bridgehead atoms. The number of amides is 1. The van der Waals surface area contributed by atoms with Gasteiger partial charge in [-0.15, -0.1) is 12.4 Å². The van der Waals surface area contributed by atoms with Gasteiger partial charge in [-0.2, -0.15) is 0 Å². The van der Waals surface area contributed by atoms with E-state index in [9.17, 15) is 4.79 Å². The van der Waals surface area contributed by atoms with Crippen LogP contribution in [-0.2, 0) is 4.79 Å². The van der Waals surface area contributed by atoms with Crippen molar-refractivity contribution in [3.8, 4) is 0 Å². The molecule has 1 unspecified atom stereocenters. The molecule has 1 heterocycles. The summed E-state index contributed by atoms with van der Waals surface area (Å²) in [5.74, 6) is 0.968. The second kappa shape index (κ2) is 8.76. The van der Waals surface area contributed by atoms with Crippen LogP contribution < -0.4 is 10.6 Å². The number of carbonyl (C=O) groups excluding carboxylic acids is 1. The molecule has 1 aliphatic heterocycles. The van der Waals surface area contributed by atoms with Gasteiger partial charge in [0.2, 0.25) is 5.91 Å². The van der Waals surface area contributed by atoms with Crippen LogP contribution in [0.25, 0.3) is 0 Å². The average Bonchev–Trinajstić information content (AvgIpc) is 2.27. The molecule has 2 N–H and O–H groups in total.